The number of carbonyl (C=O) groups is 2. The van der Waals surface area contributed by atoms with E-state index < -0.39 is 17.7 Å². The van der Waals surface area contributed by atoms with Crippen LogP contribution in [-0.2, 0) is 9.59 Å². The Labute approximate surface area is 231 Å². The third-order valence-electron chi connectivity index (χ3n) is 6.75. The maximum Gasteiger partial charge on any atom is 0.301 e. The zero-order valence-electron chi connectivity index (χ0n) is 22.1. The number of aliphatic hydroxyl groups excluding tert-OH is 1. The van der Waals surface area contributed by atoms with Crippen molar-refractivity contribution >= 4 is 44.1 Å². The number of aliphatic hydroxyl groups is 1. The van der Waals surface area contributed by atoms with Crippen molar-refractivity contribution in [3.8, 4) is 11.5 Å². The molecule has 200 valence electrons. The zero-order valence-corrected chi connectivity index (χ0v) is 23.0. The van der Waals surface area contributed by atoms with Gasteiger partial charge in [-0.1, -0.05) is 73.1 Å². The van der Waals surface area contributed by atoms with Crippen LogP contribution in [0.1, 0.15) is 48.9 Å². The van der Waals surface area contributed by atoms with E-state index in [0.29, 0.717) is 39.9 Å². The molecule has 0 saturated carbocycles. The number of ether oxygens (including phenoxy) is 2. The fraction of sp³-hybridized carbons (Fsp3) is 0.258. The Balaban J connectivity index is 1.64. The molecule has 4 aromatic rings. The Morgan fingerprint density at radius 2 is 1.82 bits per heavy atom. The molecular formula is C31H30N2O5S. The topological polar surface area (TPSA) is 89.0 Å². The van der Waals surface area contributed by atoms with E-state index in [-0.39, 0.29) is 11.3 Å². The number of unbranched alkanes of at least 4 members (excludes halogenated alkanes) is 2. The molecule has 5 rings (SSSR count). The molecular weight excluding hydrogens is 512 g/mol. The van der Waals surface area contributed by atoms with Crippen molar-refractivity contribution in [3.05, 3.63) is 89.0 Å². The van der Waals surface area contributed by atoms with E-state index in [1.807, 2.05) is 55.5 Å². The smallest absolute Gasteiger partial charge is 0.301 e. The standard InChI is InChI=1S/C31H30N2O5S/c1-4-5-6-16-38-23-9-7-8-21(17-23)27-26(28(34)20-12-10-19(2)11-13-20)29(35)30(36)33(27)31-32-24-15-14-22(37-3)18-25(24)39-31/h7-15,17-18,27,34H,4-6,16H2,1-3H3/b28-26+. The largest absolute Gasteiger partial charge is 0.507 e. The normalized spacial score (nSPS) is 16.7. The van der Waals surface area contributed by atoms with Gasteiger partial charge in [-0.25, -0.2) is 4.98 Å². The summed E-state index contributed by atoms with van der Waals surface area (Å²) in [7, 11) is 1.59. The summed E-state index contributed by atoms with van der Waals surface area (Å²) < 4.78 is 12.1. The molecule has 1 saturated heterocycles. The van der Waals surface area contributed by atoms with Crippen molar-refractivity contribution in [2.45, 2.75) is 39.2 Å². The van der Waals surface area contributed by atoms with Gasteiger partial charge < -0.3 is 14.6 Å². The second-order valence-corrected chi connectivity index (χ2v) is 10.5. The molecule has 0 radical (unpaired) electrons. The molecule has 7 nitrogen and oxygen atoms in total. The summed E-state index contributed by atoms with van der Waals surface area (Å²) in [6.45, 7) is 4.65. The lowest BCUT2D eigenvalue weighted by Crippen LogP contribution is -2.29. The number of hydrogen-bond acceptors (Lipinski definition) is 7. The van der Waals surface area contributed by atoms with E-state index in [2.05, 4.69) is 11.9 Å². The number of rotatable bonds is 9. The van der Waals surface area contributed by atoms with Crippen LogP contribution in [0.15, 0.2) is 72.3 Å². The number of fused-ring (bicyclic) bond motifs is 1. The number of amides is 1. The highest BCUT2D eigenvalue weighted by Crippen LogP contribution is 2.45. The van der Waals surface area contributed by atoms with Gasteiger partial charge in [0.15, 0.2) is 5.13 Å². The first-order chi connectivity index (χ1) is 18.9. The summed E-state index contributed by atoms with van der Waals surface area (Å²) in [5, 5.41) is 11.8. The van der Waals surface area contributed by atoms with Crippen LogP contribution in [0.3, 0.4) is 0 Å². The molecule has 1 atom stereocenters. The van der Waals surface area contributed by atoms with Gasteiger partial charge in [0.25, 0.3) is 5.78 Å². The van der Waals surface area contributed by atoms with Gasteiger partial charge in [-0.3, -0.25) is 14.5 Å². The Kier molecular flexibility index (Phi) is 7.65. The molecule has 0 aliphatic carbocycles. The summed E-state index contributed by atoms with van der Waals surface area (Å²) in [6.07, 6.45) is 3.09. The monoisotopic (exact) mass is 542 g/mol. The maximum absolute atomic E-state index is 13.6. The van der Waals surface area contributed by atoms with Crippen molar-refractivity contribution < 1.29 is 24.2 Å². The minimum absolute atomic E-state index is 0.0174. The molecule has 0 bridgehead atoms. The first-order valence-corrected chi connectivity index (χ1v) is 13.8. The molecule has 0 spiro atoms. The number of hydrogen-bond donors (Lipinski definition) is 1. The summed E-state index contributed by atoms with van der Waals surface area (Å²) in [4.78, 5) is 33.1. The number of nitrogens with zero attached hydrogens (tertiary/aromatic N) is 2. The number of anilines is 1. The molecule has 1 amide bonds. The lowest BCUT2D eigenvalue weighted by Gasteiger charge is -2.23. The Hall–Kier alpha value is -4.17. The predicted octanol–water partition coefficient (Wildman–Crippen LogP) is 6.81. The minimum atomic E-state index is -0.882. The van der Waals surface area contributed by atoms with Crippen molar-refractivity contribution in [2.75, 3.05) is 18.6 Å². The highest BCUT2D eigenvalue weighted by molar-refractivity contribution is 7.22. The molecule has 1 N–H and O–H groups in total. The van der Waals surface area contributed by atoms with Gasteiger partial charge in [-0.15, -0.1) is 0 Å². The van der Waals surface area contributed by atoms with E-state index in [9.17, 15) is 14.7 Å². The fourth-order valence-corrected chi connectivity index (χ4v) is 5.67. The minimum Gasteiger partial charge on any atom is -0.507 e. The third kappa shape index (κ3) is 5.25. The van der Waals surface area contributed by atoms with Gasteiger partial charge >= 0.3 is 5.91 Å². The summed E-state index contributed by atoms with van der Waals surface area (Å²) >= 11 is 1.29. The van der Waals surface area contributed by atoms with Crippen molar-refractivity contribution in [2.24, 2.45) is 0 Å². The summed E-state index contributed by atoms with van der Waals surface area (Å²) in [5.41, 5.74) is 2.82. The zero-order chi connectivity index (χ0) is 27.5. The number of ketones is 1. The SMILES string of the molecule is CCCCCOc1cccc(C2/C(=C(\O)c3ccc(C)cc3)C(=O)C(=O)N2c2nc3ccc(OC)cc3s2)c1. The van der Waals surface area contributed by atoms with Crippen LogP contribution >= 0.6 is 11.3 Å². The van der Waals surface area contributed by atoms with Crippen LogP contribution in [0, 0.1) is 6.92 Å². The number of thiazole rings is 1. The third-order valence-corrected chi connectivity index (χ3v) is 7.77. The van der Waals surface area contributed by atoms with Gasteiger partial charge in [0.05, 0.1) is 35.5 Å². The van der Waals surface area contributed by atoms with Gasteiger partial charge in [0.2, 0.25) is 0 Å². The summed E-state index contributed by atoms with van der Waals surface area (Å²) in [6, 6.07) is 19.1. The molecule has 1 unspecified atom stereocenters. The number of aryl methyl sites for hydroxylation is 1. The molecule has 2 heterocycles. The Morgan fingerprint density at radius 3 is 2.56 bits per heavy atom. The van der Waals surface area contributed by atoms with Crippen molar-refractivity contribution in [1.82, 2.24) is 4.98 Å². The van der Waals surface area contributed by atoms with Gasteiger partial charge in [0.1, 0.15) is 17.3 Å². The average Bonchev–Trinajstić information content (AvgIpc) is 3.48. The fourth-order valence-electron chi connectivity index (χ4n) is 4.65. The van der Waals surface area contributed by atoms with Crippen molar-refractivity contribution in [3.63, 3.8) is 0 Å². The second-order valence-electron chi connectivity index (χ2n) is 9.49. The van der Waals surface area contributed by atoms with Gasteiger partial charge in [-0.2, -0.15) is 0 Å². The average molecular weight is 543 g/mol. The van der Waals surface area contributed by atoms with E-state index in [4.69, 9.17) is 9.47 Å². The number of methoxy groups -OCH3 is 1. The first-order valence-electron chi connectivity index (χ1n) is 13.0. The van der Waals surface area contributed by atoms with Crippen LogP contribution < -0.4 is 14.4 Å². The van der Waals surface area contributed by atoms with E-state index >= 15 is 0 Å². The number of benzene rings is 3. The van der Waals surface area contributed by atoms with E-state index in [1.165, 1.54) is 16.2 Å². The molecule has 1 aliphatic heterocycles. The quantitative estimate of drug-likeness (QED) is 0.108. The molecule has 39 heavy (non-hydrogen) atoms. The van der Waals surface area contributed by atoms with Crippen LogP contribution in [0.25, 0.3) is 16.0 Å². The molecule has 8 heteroatoms. The Morgan fingerprint density at radius 1 is 1.03 bits per heavy atom. The van der Waals surface area contributed by atoms with Crippen LogP contribution in [0.4, 0.5) is 5.13 Å². The molecule has 1 aromatic heterocycles. The Bertz CT molecular complexity index is 1560. The van der Waals surface area contributed by atoms with Crippen molar-refractivity contribution in [1.29, 1.82) is 0 Å². The molecule has 1 aliphatic rings. The number of carbonyl (C=O) groups excluding carboxylic acids is 2. The first kappa shape index (κ1) is 26.4. The van der Waals surface area contributed by atoms with Crippen LogP contribution in [0.5, 0.6) is 11.5 Å². The van der Waals surface area contributed by atoms with Crippen LogP contribution in [0.2, 0.25) is 0 Å². The molecule has 1 fully saturated rings. The van der Waals surface area contributed by atoms with Gasteiger partial charge in [-0.05, 0) is 49.2 Å². The van der Waals surface area contributed by atoms with E-state index in [1.54, 1.807) is 25.3 Å². The summed E-state index contributed by atoms with van der Waals surface area (Å²) in [5.74, 6) is -0.418. The lowest BCUT2D eigenvalue weighted by molar-refractivity contribution is -0.132. The number of Topliss-reactive ketones (excluding diaryl/α,β-unsaturated/α-hetero) is 1. The number of aromatic nitrogens is 1. The lowest BCUT2D eigenvalue weighted by atomic mass is 9.95. The second kappa shape index (κ2) is 11.3. The molecule has 3 aromatic carbocycles. The highest BCUT2D eigenvalue weighted by atomic mass is 32.1. The van der Waals surface area contributed by atoms with E-state index in [0.717, 1.165) is 29.5 Å². The predicted molar refractivity (Wildman–Crippen MR) is 154 cm³/mol. The highest BCUT2D eigenvalue weighted by Gasteiger charge is 2.48. The maximum atomic E-state index is 13.6. The van der Waals surface area contributed by atoms with Gasteiger partial charge in [0, 0.05) is 5.56 Å². The van der Waals surface area contributed by atoms with Crippen LogP contribution in [-0.4, -0.2) is 35.5 Å².